The van der Waals surface area contributed by atoms with E-state index in [1.54, 1.807) is 17.4 Å². The molecule has 0 N–H and O–H groups in total. The highest BCUT2D eigenvalue weighted by molar-refractivity contribution is 7.91. The van der Waals surface area contributed by atoms with Gasteiger partial charge in [0.05, 0.1) is 29.9 Å². The number of sulfone groups is 1. The first-order chi connectivity index (χ1) is 9.53. The zero-order valence-corrected chi connectivity index (χ0v) is 12.1. The highest BCUT2D eigenvalue weighted by Gasteiger charge is 2.37. The lowest BCUT2D eigenvalue weighted by molar-refractivity contribution is -0.141. The van der Waals surface area contributed by atoms with Gasteiger partial charge in [0.2, 0.25) is 5.91 Å². The van der Waals surface area contributed by atoms with Gasteiger partial charge in [-0.1, -0.05) is 0 Å². The Morgan fingerprint density at radius 1 is 1.40 bits per heavy atom. The smallest absolute Gasteiger partial charge is 0.226 e. The molecule has 20 heavy (non-hydrogen) atoms. The first-order valence-corrected chi connectivity index (χ1v) is 8.86. The number of likely N-dealkylation sites (tertiary alicyclic amines) is 1. The molecule has 0 saturated carbocycles. The number of carbonyl (C=O) groups is 1. The highest BCUT2D eigenvalue weighted by Crippen LogP contribution is 2.26. The number of furan rings is 1. The van der Waals surface area contributed by atoms with Gasteiger partial charge in [-0.15, -0.1) is 0 Å². The SMILES string of the molecule is O=C([C@H]1CCCS(=O)(=O)C1)N1CC(Cc2ccoc2)C1. The summed E-state index contributed by atoms with van der Waals surface area (Å²) in [6.07, 6.45) is 5.64. The molecule has 2 saturated heterocycles. The molecule has 1 atom stereocenters. The van der Waals surface area contributed by atoms with Gasteiger partial charge >= 0.3 is 0 Å². The molecule has 2 fully saturated rings. The van der Waals surface area contributed by atoms with E-state index in [2.05, 4.69) is 0 Å². The minimum atomic E-state index is -3.01. The second kappa shape index (κ2) is 5.24. The van der Waals surface area contributed by atoms with Crippen LogP contribution in [0.15, 0.2) is 23.0 Å². The van der Waals surface area contributed by atoms with Crippen LogP contribution >= 0.6 is 0 Å². The molecular weight excluding hydrogens is 278 g/mol. The van der Waals surface area contributed by atoms with Crippen LogP contribution in [0.5, 0.6) is 0 Å². The Morgan fingerprint density at radius 2 is 2.20 bits per heavy atom. The van der Waals surface area contributed by atoms with Crippen LogP contribution in [0.4, 0.5) is 0 Å². The minimum absolute atomic E-state index is 0.0247. The summed E-state index contributed by atoms with van der Waals surface area (Å²) in [7, 11) is -3.01. The average molecular weight is 297 g/mol. The number of rotatable bonds is 3. The average Bonchev–Trinajstić information content (AvgIpc) is 2.84. The third kappa shape index (κ3) is 2.90. The van der Waals surface area contributed by atoms with Crippen molar-refractivity contribution >= 4 is 15.7 Å². The predicted octanol–water partition coefficient (Wildman–Crippen LogP) is 1.11. The summed E-state index contributed by atoms with van der Waals surface area (Å²) in [5.41, 5.74) is 1.15. The van der Waals surface area contributed by atoms with E-state index in [1.165, 1.54) is 0 Å². The van der Waals surface area contributed by atoms with E-state index in [0.29, 0.717) is 18.8 Å². The lowest BCUT2D eigenvalue weighted by Crippen LogP contribution is -2.54. The first-order valence-electron chi connectivity index (χ1n) is 7.04. The topological polar surface area (TPSA) is 67.6 Å². The van der Waals surface area contributed by atoms with E-state index in [1.807, 2.05) is 6.07 Å². The molecule has 3 rings (SSSR count). The van der Waals surface area contributed by atoms with E-state index in [-0.39, 0.29) is 23.3 Å². The van der Waals surface area contributed by atoms with Gasteiger partial charge in [-0.3, -0.25) is 4.79 Å². The second-order valence-corrected chi connectivity index (χ2v) is 8.13. The summed E-state index contributed by atoms with van der Waals surface area (Å²) < 4.78 is 28.2. The van der Waals surface area contributed by atoms with Crippen molar-refractivity contribution in [1.29, 1.82) is 0 Å². The van der Waals surface area contributed by atoms with Crippen LogP contribution in [0.2, 0.25) is 0 Å². The number of amides is 1. The zero-order chi connectivity index (χ0) is 14.2. The summed E-state index contributed by atoms with van der Waals surface area (Å²) in [5.74, 6) is 0.450. The van der Waals surface area contributed by atoms with E-state index < -0.39 is 9.84 Å². The monoisotopic (exact) mass is 297 g/mol. The Bertz CT molecular complexity index is 572. The van der Waals surface area contributed by atoms with E-state index >= 15 is 0 Å². The molecule has 6 heteroatoms. The molecule has 5 nitrogen and oxygen atoms in total. The minimum Gasteiger partial charge on any atom is -0.472 e. The molecule has 1 amide bonds. The molecule has 0 unspecified atom stereocenters. The number of nitrogens with zero attached hydrogens (tertiary/aromatic N) is 1. The van der Waals surface area contributed by atoms with Crippen LogP contribution in [0, 0.1) is 11.8 Å². The maximum atomic E-state index is 12.3. The Balaban J connectivity index is 1.50. The molecule has 3 heterocycles. The number of hydrogen-bond donors (Lipinski definition) is 0. The van der Waals surface area contributed by atoms with E-state index in [9.17, 15) is 13.2 Å². The molecule has 110 valence electrons. The van der Waals surface area contributed by atoms with Crippen molar-refractivity contribution in [1.82, 2.24) is 4.90 Å². The Labute approximate surface area is 118 Å². The van der Waals surface area contributed by atoms with Crippen molar-refractivity contribution in [2.24, 2.45) is 11.8 Å². The molecular formula is C14H19NO4S. The summed E-state index contributed by atoms with van der Waals surface area (Å²) in [6, 6.07) is 1.94. The van der Waals surface area contributed by atoms with Crippen LogP contribution in [0.25, 0.3) is 0 Å². The molecule has 0 radical (unpaired) electrons. The zero-order valence-electron chi connectivity index (χ0n) is 11.3. The van der Waals surface area contributed by atoms with Crippen LogP contribution in [-0.4, -0.2) is 43.8 Å². The largest absolute Gasteiger partial charge is 0.472 e. The van der Waals surface area contributed by atoms with Gasteiger partial charge in [-0.2, -0.15) is 0 Å². The van der Waals surface area contributed by atoms with Crippen molar-refractivity contribution in [3.05, 3.63) is 24.2 Å². The first kappa shape index (κ1) is 13.7. The third-order valence-corrected chi connectivity index (χ3v) is 6.01. The highest BCUT2D eigenvalue weighted by atomic mass is 32.2. The van der Waals surface area contributed by atoms with Gasteiger partial charge in [0, 0.05) is 13.1 Å². The fourth-order valence-electron chi connectivity index (χ4n) is 3.10. The maximum Gasteiger partial charge on any atom is 0.226 e. The molecule has 0 aliphatic carbocycles. The molecule has 1 aromatic heterocycles. The van der Waals surface area contributed by atoms with Crippen molar-refractivity contribution < 1.29 is 17.6 Å². The van der Waals surface area contributed by atoms with Gasteiger partial charge in [-0.05, 0) is 36.8 Å². The van der Waals surface area contributed by atoms with Gasteiger partial charge in [0.1, 0.15) is 0 Å². The van der Waals surface area contributed by atoms with Crippen LogP contribution in [0.3, 0.4) is 0 Å². The summed E-state index contributed by atoms with van der Waals surface area (Å²) in [5, 5.41) is 0. The van der Waals surface area contributed by atoms with Gasteiger partial charge < -0.3 is 9.32 Å². The van der Waals surface area contributed by atoms with Gasteiger partial charge in [-0.25, -0.2) is 8.42 Å². The maximum absolute atomic E-state index is 12.3. The summed E-state index contributed by atoms with van der Waals surface area (Å²) in [4.78, 5) is 14.1. The number of hydrogen-bond acceptors (Lipinski definition) is 4. The van der Waals surface area contributed by atoms with Crippen molar-refractivity contribution in [2.75, 3.05) is 24.6 Å². The fraction of sp³-hybridized carbons (Fsp3) is 0.643. The lowest BCUT2D eigenvalue weighted by Gasteiger charge is -2.41. The van der Waals surface area contributed by atoms with Crippen LogP contribution in [-0.2, 0) is 21.1 Å². The molecule has 0 spiro atoms. The Hall–Kier alpha value is -1.30. The van der Waals surface area contributed by atoms with Crippen molar-refractivity contribution in [2.45, 2.75) is 19.3 Å². The standard InChI is InChI=1S/C14H19NO4S/c16-14(13-2-1-5-20(17,18)10-13)15-7-12(8-15)6-11-3-4-19-9-11/h3-4,9,12-13H,1-2,5-8,10H2/t13-/m0/s1. The Kier molecular flexibility index (Phi) is 3.58. The van der Waals surface area contributed by atoms with Crippen LogP contribution < -0.4 is 0 Å². The van der Waals surface area contributed by atoms with Gasteiger partial charge in [0.15, 0.2) is 9.84 Å². The normalized spacial score (nSPS) is 26.2. The molecule has 0 bridgehead atoms. The van der Waals surface area contributed by atoms with E-state index in [0.717, 1.165) is 25.1 Å². The Morgan fingerprint density at radius 3 is 2.85 bits per heavy atom. The van der Waals surface area contributed by atoms with Gasteiger partial charge in [0.25, 0.3) is 0 Å². The lowest BCUT2D eigenvalue weighted by atomic mass is 9.91. The summed E-state index contributed by atoms with van der Waals surface area (Å²) in [6.45, 7) is 1.47. The molecule has 2 aliphatic rings. The quantitative estimate of drug-likeness (QED) is 0.838. The molecule has 1 aromatic rings. The molecule has 2 aliphatic heterocycles. The molecule has 0 aromatic carbocycles. The van der Waals surface area contributed by atoms with Crippen molar-refractivity contribution in [3.8, 4) is 0 Å². The third-order valence-electron chi connectivity index (χ3n) is 4.19. The van der Waals surface area contributed by atoms with E-state index in [4.69, 9.17) is 4.42 Å². The second-order valence-electron chi connectivity index (χ2n) is 5.90. The summed E-state index contributed by atoms with van der Waals surface area (Å²) >= 11 is 0. The van der Waals surface area contributed by atoms with Crippen LogP contribution in [0.1, 0.15) is 18.4 Å². The number of carbonyl (C=O) groups excluding carboxylic acids is 1. The predicted molar refractivity (Wildman–Crippen MR) is 73.9 cm³/mol. The fourth-order valence-corrected chi connectivity index (χ4v) is 4.79. The van der Waals surface area contributed by atoms with Crippen molar-refractivity contribution in [3.63, 3.8) is 0 Å².